The zero-order valence-corrected chi connectivity index (χ0v) is 10.6. The fourth-order valence-corrected chi connectivity index (χ4v) is 2.45. The summed E-state index contributed by atoms with van der Waals surface area (Å²) < 4.78 is 2.17. The summed E-state index contributed by atoms with van der Waals surface area (Å²) in [6.07, 6.45) is 9.18. The van der Waals surface area contributed by atoms with Crippen LogP contribution in [0.5, 0.6) is 0 Å². The summed E-state index contributed by atoms with van der Waals surface area (Å²) in [5, 5.41) is 2.99. The second-order valence-electron chi connectivity index (χ2n) is 4.85. The van der Waals surface area contributed by atoms with Crippen LogP contribution in [0.1, 0.15) is 22.6 Å². The van der Waals surface area contributed by atoms with Crippen LogP contribution in [0.3, 0.4) is 0 Å². The van der Waals surface area contributed by atoms with E-state index in [2.05, 4.69) is 19.9 Å². The molecule has 0 fully saturated rings. The lowest BCUT2D eigenvalue weighted by Gasteiger charge is -2.23. The van der Waals surface area contributed by atoms with E-state index in [0.29, 0.717) is 18.0 Å². The molecule has 5 nitrogen and oxygen atoms in total. The van der Waals surface area contributed by atoms with Crippen molar-refractivity contribution in [3.63, 3.8) is 0 Å². The van der Waals surface area contributed by atoms with E-state index in [4.69, 9.17) is 0 Å². The van der Waals surface area contributed by atoms with E-state index in [0.717, 1.165) is 25.2 Å². The van der Waals surface area contributed by atoms with Crippen LogP contribution < -0.4 is 5.32 Å². The van der Waals surface area contributed by atoms with Crippen molar-refractivity contribution in [1.82, 2.24) is 19.9 Å². The molecule has 98 valence electrons. The van der Waals surface area contributed by atoms with Gasteiger partial charge in [-0.1, -0.05) is 0 Å². The number of hydrogen-bond acceptors (Lipinski definition) is 3. The van der Waals surface area contributed by atoms with Crippen LogP contribution in [0.4, 0.5) is 0 Å². The highest BCUT2D eigenvalue weighted by atomic mass is 16.1. The normalized spacial score (nSPS) is 17.8. The van der Waals surface area contributed by atoms with Gasteiger partial charge in [0, 0.05) is 49.9 Å². The molecule has 1 N–H and O–H groups in total. The Labute approximate surface area is 111 Å². The average molecular weight is 256 g/mol. The molecule has 1 aliphatic rings. The lowest BCUT2D eigenvalue weighted by atomic mass is 9.99. The van der Waals surface area contributed by atoms with E-state index in [1.54, 1.807) is 24.5 Å². The van der Waals surface area contributed by atoms with Crippen LogP contribution in [0.15, 0.2) is 36.9 Å². The summed E-state index contributed by atoms with van der Waals surface area (Å²) in [5.41, 5.74) is 0.661. The number of nitrogens with one attached hydrogen (secondary N) is 1. The number of amides is 1. The number of carbonyl (C=O) groups is 1. The number of aromatic nitrogens is 3. The molecular weight excluding hydrogens is 240 g/mol. The lowest BCUT2D eigenvalue weighted by molar-refractivity contribution is 0.0943. The number of aryl methyl sites for hydroxylation is 1. The first-order chi connectivity index (χ1) is 9.33. The summed E-state index contributed by atoms with van der Waals surface area (Å²) in [7, 11) is 0. The van der Waals surface area contributed by atoms with Crippen LogP contribution in [0.2, 0.25) is 0 Å². The largest absolute Gasteiger partial charge is 0.352 e. The maximum absolute atomic E-state index is 11.9. The molecule has 5 heteroatoms. The fraction of sp³-hybridized carbons (Fsp3) is 0.357. The maximum atomic E-state index is 11.9. The Morgan fingerprint density at radius 2 is 2.21 bits per heavy atom. The number of fused-ring (bicyclic) bond motifs is 1. The first-order valence-corrected chi connectivity index (χ1v) is 6.51. The number of rotatable bonds is 3. The third kappa shape index (κ3) is 2.65. The van der Waals surface area contributed by atoms with Gasteiger partial charge in [-0.25, -0.2) is 4.98 Å². The van der Waals surface area contributed by atoms with Gasteiger partial charge in [-0.05, 0) is 24.5 Å². The average Bonchev–Trinajstić information content (AvgIpc) is 2.93. The molecular formula is C14H16N4O. The van der Waals surface area contributed by atoms with E-state index >= 15 is 0 Å². The van der Waals surface area contributed by atoms with Crippen LogP contribution >= 0.6 is 0 Å². The van der Waals surface area contributed by atoms with Gasteiger partial charge in [0.1, 0.15) is 5.82 Å². The summed E-state index contributed by atoms with van der Waals surface area (Å²) in [4.78, 5) is 20.1. The Balaban J connectivity index is 1.55. The van der Waals surface area contributed by atoms with Crippen molar-refractivity contribution in [2.45, 2.75) is 19.4 Å². The second kappa shape index (κ2) is 5.22. The molecule has 3 heterocycles. The molecule has 0 radical (unpaired) electrons. The van der Waals surface area contributed by atoms with E-state index in [1.807, 2.05) is 12.4 Å². The number of nitrogens with zero attached hydrogens (tertiary/aromatic N) is 3. The molecule has 0 aliphatic carbocycles. The first kappa shape index (κ1) is 11.9. The highest BCUT2D eigenvalue weighted by molar-refractivity contribution is 5.93. The predicted octanol–water partition coefficient (Wildman–Crippen LogP) is 1.27. The van der Waals surface area contributed by atoms with Gasteiger partial charge in [0.15, 0.2) is 0 Å². The van der Waals surface area contributed by atoms with Gasteiger partial charge in [-0.2, -0.15) is 0 Å². The summed E-state index contributed by atoms with van der Waals surface area (Å²) in [6, 6.07) is 3.45. The Kier molecular flexibility index (Phi) is 3.27. The van der Waals surface area contributed by atoms with E-state index in [9.17, 15) is 4.79 Å². The molecule has 1 aliphatic heterocycles. The van der Waals surface area contributed by atoms with Gasteiger partial charge < -0.3 is 9.88 Å². The van der Waals surface area contributed by atoms with Gasteiger partial charge in [0.2, 0.25) is 0 Å². The highest BCUT2D eigenvalue weighted by Gasteiger charge is 2.19. The number of hydrogen-bond donors (Lipinski definition) is 1. The quantitative estimate of drug-likeness (QED) is 0.899. The summed E-state index contributed by atoms with van der Waals surface area (Å²) in [6.45, 7) is 1.64. The van der Waals surface area contributed by atoms with Gasteiger partial charge >= 0.3 is 0 Å². The summed E-state index contributed by atoms with van der Waals surface area (Å²) >= 11 is 0. The zero-order valence-electron chi connectivity index (χ0n) is 10.6. The minimum Gasteiger partial charge on any atom is -0.352 e. The molecule has 0 spiro atoms. The number of imidazole rings is 1. The molecule has 0 saturated heterocycles. The van der Waals surface area contributed by atoms with Crippen molar-refractivity contribution in [3.05, 3.63) is 48.3 Å². The molecule has 2 aromatic heterocycles. The van der Waals surface area contributed by atoms with Gasteiger partial charge in [-0.3, -0.25) is 9.78 Å². The van der Waals surface area contributed by atoms with Crippen molar-refractivity contribution in [2.75, 3.05) is 6.54 Å². The van der Waals surface area contributed by atoms with Crippen molar-refractivity contribution in [2.24, 2.45) is 5.92 Å². The Bertz CT molecular complexity index is 564. The zero-order chi connectivity index (χ0) is 13.1. The Morgan fingerprint density at radius 3 is 3.05 bits per heavy atom. The van der Waals surface area contributed by atoms with E-state index in [1.165, 1.54) is 0 Å². The van der Waals surface area contributed by atoms with Crippen molar-refractivity contribution >= 4 is 5.91 Å². The van der Waals surface area contributed by atoms with E-state index in [-0.39, 0.29) is 5.91 Å². The molecule has 3 rings (SSSR count). The van der Waals surface area contributed by atoms with Crippen LogP contribution in [-0.2, 0) is 13.0 Å². The minimum atomic E-state index is -0.0289. The predicted molar refractivity (Wildman–Crippen MR) is 70.6 cm³/mol. The maximum Gasteiger partial charge on any atom is 0.251 e. The van der Waals surface area contributed by atoms with Crippen LogP contribution in [0, 0.1) is 5.92 Å². The molecule has 19 heavy (non-hydrogen) atoms. The molecule has 0 aromatic carbocycles. The van der Waals surface area contributed by atoms with E-state index < -0.39 is 0 Å². The molecule has 2 aromatic rings. The Hall–Kier alpha value is -2.17. The van der Waals surface area contributed by atoms with Gasteiger partial charge in [-0.15, -0.1) is 0 Å². The molecule has 0 bridgehead atoms. The van der Waals surface area contributed by atoms with Crippen molar-refractivity contribution < 1.29 is 4.79 Å². The minimum absolute atomic E-state index is 0.0289. The van der Waals surface area contributed by atoms with Crippen LogP contribution in [0.25, 0.3) is 0 Å². The fourth-order valence-electron chi connectivity index (χ4n) is 2.45. The highest BCUT2D eigenvalue weighted by Crippen LogP contribution is 2.17. The third-order valence-corrected chi connectivity index (χ3v) is 3.53. The third-order valence-electron chi connectivity index (χ3n) is 3.53. The molecule has 0 unspecified atom stereocenters. The molecule has 1 amide bonds. The van der Waals surface area contributed by atoms with Crippen molar-refractivity contribution in [3.8, 4) is 0 Å². The van der Waals surface area contributed by atoms with Crippen molar-refractivity contribution in [1.29, 1.82) is 0 Å². The Morgan fingerprint density at radius 1 is 1.37 bits per heavy atom. The number of carbonyl (C=O) groups excluding carboxylic acids is 1. The SMILES string of the molecule is O=C(NC[C@@H]1CCc2nccn2C1)c1ccncc1. The number of pyridine rings is 1. The molecule has 0 saturated carbocycles. The lowest BCUT2D eigenvalue weighted by Crippen LogP contribution is -2.33. The second-order valence-corrected chi connectivity index (χ2v) is 4.85. The van der Waals surface area contributed by atoms with Crippen LogP contribution in [-0.4, -0.2) is 27.0 Å². The standard InChI is InChI=1S/C14H16N4O/c19-14(12-3-5-15-6-4-12)17-9-11-1-2-13-16-7-8-18(13)10-11/h3-8,11H,1-2,9-10H2,(H,17,19)/t11-/m0/s1. The topological polar surface area (TPSA) is 59.8 Å². The molecule has 1 atom stereocenters. The first-order valence-electron chi connectivity index (χ1n) is 6.51. The smallest absolute Gasteiger partial charge is 0.251 e. The van der Waals surface area contributed by atoms with Gasteiger partial charge in [0.25, 0.3) is 5.91 Å². The van der Waals surface area contributed by atoms with Gasteiger partial charge in [0.05, 0.1) is 0 Å². The monoisotopic (exact) mass is 256 g/mol. The summed E-state index contributed by atoms with van der Waals surface area (Å²) in [5.74, 6) is 1.60.